The zero-order valence-corrected chi connectivity index (χ0v) is 18.7. The van der Waals surface area contributed by atoms with Crippen molar-refractivity contribution in [3.8, 4) is 17.2 Å². The molecule has 3 aliphatic heterocycles. The van der Waals surface area contributed by atoms with Crippen LogP contribution in [0.1, 0.15) is 55.6 Å². The maximum Gasteiger partial charge on any atom is 0.245 e. The molecule has 5 heteroatoms. The van der Waals surface area contributed by atoms with Crippen molar-refractivity contribution in [1.29, 1.82) is 0 Å². The second-order valence-corrected chi connectivity index (χ2v) is 9.86. The summed E-state index contributed by atoms with van der Waals surface area (Å²) in [7, 11) is 4.20. The van der Waals surface area contributed by atoms with Gasteiger partial charge >= 0.3 is 0 Å². The molecule has 6 rings (SSSR count). The van der Waals surface area contributed by atoms with Crippen molar-refractivity contribution in [2.24, 2.45) is 5.92 Å². The van der Waals surface area contributed by atoms with E-state index in [1.165, 1.54) is 62.0 Å². The third kappa shape index (κ3) is 3.00. The van der Waals surface area contributed by atoms with Crippen LogP contribution in [-0.2, 0) is 0 Å². The summed E-state index contributed by atoms with van der Waals surface area (Å²) in [5, 5.41) is 0. The molecule has 0 unspecified atom stereocenters. The van der Waals surface area contributed by atoms with Gasteiger partial charge in [0.25, 0.3) is 0 Å². The van der Waals surface area contributed by atoms with Crippen LogP contribution in [0.3, 0.4) is 0 Å². The van der Waals surface area contributed by atoms with E-state index in [1.807, 2.05) is 0 Å². The fourth-order valence-electron chi connectivity index (χ4n) is 6.54. The summed E-state index contributed by atoms with van der Waals surface area (Å²) < 4.78 is 18.6. The van der Waals surface area contributed by atoms with Crippen LogP contribution >= 0.6 is 0 Å². The molecule has 2 fully saturated rings. The maximum atomic E-state index is 7.07. The molecule has 3 heterocycles. The van der Waals surface area contributed by atoms with Crippen LogP contribution in [0, 0.1) is 5.92 Å². The average Bonchev–Trinajstić information content (AvgIpc) is 3.48. The second kappa shape index (κ2) is 7.33. The number of fused-ring (bicyclic) bond motifs is 3. The van der Waals surface area contributed by atoms with Gasteiger partial charge in [0.05, 0.1) is 19.0 Å². The highest BCUT2D eigenvalue weighted by Gasteiger charge is 2.58. The van der Waals surface area contributed by atoms with Gasteiger partial charge in [-0.25, -0.2) is 0 Å². The van der Waals surface area contributed by atoms with Crippen molar-refractivity contribution in [3.63, 3.8) is 0 Å². The van der Waals surface area contributed by atoms with E-state index in [2.05, 4.69) is 55.4 Å². The first-order chi connectivity index (χ1) is 15.2. The summed E-state index contributed by atoms with van der Waals surface area (Å²) >= 11 is 0. The first-order valence-electron chi connectivity index (χ1n) is 11.9. The molecule has 164 valence electrons. The lowest BCUT2D eigenvalue weighted by molar-refractivity contribution is -0.971. The number of ether oxygens (including phenoxy) is 3. The number of anilines is 1. The minimum Gasteiger partial charge on any atom is -0.454 e. The van der Waals surface area contributed by atoms with E-state index in [0.717, 1.165) is 23.7 Å². The first kappa shape index (κ1) is 19.3. The molecule has 31 heavy (non-hydrogen) atoms. The number of hydrogen-bond donors (Lipinski definition) is 1. The van der Waals surface area contributed by atoms with Crippen molar-refractivity contribution in [2.45, 2.75) is 50.2 Å². The molecule has 1 aliphatic carbocycles. The number of hydrogen-bond acceptors (Lipinski definition) is 4. The van der Waals surface area contributed by atoms with Crippen molar-refractivity contribution < 1.29 is 19.1 Å². The minimum absolute atomic E-state index is 0.125. The van der Waals surface area contributed by atoms with Gasteiger partial charge in [-0.05, 0) is 36.6 Å². The Morgan fingerprint density at radius 2 is 1.65 bits per heavy atom. The molecule has 4 aliphatic rings. The summed E-state index contributed by atoms with van der Waals surface area (Å²) in [6.45, 7) is 2.75. The lowest BCUT2D eigenvalue weighted by Crippen LogP contribution is -3.21. The summed E-state index contributed by atoms with van der Waals surface area (Å²) in [6.07, 6.45) is 7.53. The smallest absolute Gasteiger partial charge is 0.245 e. The van der Waals surface area contributed by atoms with E-state index in [0.29, 0.717) is 18.6 Å². The van der Waals surface area contributed by atoms with Crippen LogP contribution in [0.25, 0.3) is 0 Å². The Bertz CT molecular complexity index is 967. The van der Waals surface area contributed by atoms with Crippen LogP contribution in [0.15, 0.2) is 36.4 Å². The molecule has 3 atom stereocenters. The van der Waals surface area contributed by atoms with Gasteiger partial charge in [0.15, 0.2) is 11.5 Å². The molecule has 0 spiro atoms. The molecule has 1 saturated carbocycles. The van der Waals surface area contributed by atoms with E-state index in [9.17, 15) is 0 Å². The Morgan fingerprint density at radius 1 is 0.903 bits per heavy atom. The number of nitrogens with one attached hydrogen (secondary N) is 1. The number of likely N-dealkylation sites (tertiary alicyclic amines) is 1. The predicted octanol–water partition coefficient (Wildman–Crippen LogP) is 3.57. The third-order valence-electron chi connectivity index (χ3n) is 8.02. The van der Waals surface area contributed by atoms with Gasteiger partial charge in [0.1, 0.15) is 5.75 Å². The first-order valence-corrected chi connectivity index (χ1v) is 11.9. The molecular weight excluding hydrogens is 388 g/mol. The summed E-state index contributed by atoms with van der Waals surface area (Å²) in [4.78, 5) is 3.83. The largest absolute Gasteiger partial charge is 0.454 e. The van der Waals surface area contributed by atoms with Gasteiger partial charge in [-0.15, -0.1) is 0 Å². The third-order valence-corrected chi connectivity index (χ3v) is 8.02. The zero-order valence-electron chi connectivity index (χ0n) is 18.7. The van der Waals surface area contributed by atoms with Crippen LogP contribution in [0.2, 0.25) is 0 Å². The molecule has 0 amide bonds. The fraction of sp³-hybridized carbons (Fsp3) is 0.538. The quantitative estimate of drug-likeness (QED) is 0.822. The Labute approximate surface area is 184 Å². The van der Waals surface area contributed by atoms with E-state index in [-0.39, 0.29) is 5.72 Å². The van der Waals surface area contributed by atoms with Gasteiger partial charge in [0, 0.05) is 56.6 Å². The van der Waals surface area contributed by atoms with Crippen LogP contribution in [0.4, 0.5) is 5.69 Å². The normalized spacial score (nSPS) is 29.2. The van der Waals surface area contributed by atoms with E-state index >= 15 is 0 Å². The Balaban J connectivity index is 1.51. The Hall–Kier alpha value is -2.40. The lowest BCUT2D eigenvalue weighted by atomic mass is 9.66. The van der Waals surface area contributed by atoms with Gasteiger partial charge < -0.3 is 19.1 Å². The van der Waals surface area contributed by atoms with Crippen molar-refractivity contribution in [1.82, 2.24) is 0 Å². The molecule has 0 radical (unpaired) electrons. The number of quaternary nitrogens is 1. The molecular formula is C26H33N2O3+. The highest BCUT2D eigenvalue weighted by atomic mass is 16.7. The molecule has 0 bridgehead atoms. The van der Waals surface area contributed by atoms with Gasteiger partial charge in [-0.2, -0.15) is 0 Å². The Morgan fingerprint density at radius 3 is 2.39 bits per heavy atom. The molecule has 1 saturated heterocycles. The monoisotopic (exact) mass is 421 g/mol. The molecule has 5 nitrogen and oxygen atoms in total. The highest BCUT2D eigenvalue weighted by Crippen LogP contribution is 2.54. The molecule has 2 aromatic carbocycles. The Kier molecular flexibility index (Phi) is 4.57. The van der Waals surface area contributed by atoms with E-state index in [1.54, 1.807) is 4.90 Å². The summed E-state index contributed by atoms with van der Waals surface area (Å²) in [5.74, 6) is 3.48. The highest BCUT2D eigenvalue weighted by molar-refractivity contribution is 5.57. The molecule has 0 aromatic heterocycles. The standard InChI is InChI=1S/C26H32N2O3/c1-27(2)19-10-8-18(9-11-19)25-20-15-23-24(30-17-29-23)16-22(20)31-26(28-13-5-6-14-28)12-4-3-7-21(25)26/h8-11,15-16,21,25H,3-7,12-14,17H2,1-2H3/p+1/t21-,25+,26+/m1/s1. The summed E-state index contributed by atoms with van der Waals surface area (Å²) in [6, 6.07) is 13.5. The SMILES string of the molecule is CN(C)c1ccc([C@H]2c3cc4c(cc3O[C@@]3([NH+]5CCCC5)CCCC[C@H]23)OCO4)cc1. The van der Waals surface area contributed by atoms with E-state index in [4.69, 9.17) is 14.2 Å². The zero-order chi connectivity index (χ0) is 21.0. The van der Waals surface area contributed by atoms with Gasteiger partial charge in [-0.3, -0.25) is 4.90 Å². The predicted molar refractivity (Wildman–Crippen MR) is 120 cm³/mol. The number of benzene rings is 2. The van der Waals surface area contributed by atoms with Crippen molar-refractivity contribution in [3.05, 3.63) is 47.5 Å². The van der Waals surface area contributed by atoms with Gasteiger partial charge in [0.2, 0.25) is 12.5 Å². The van der Waals surface area contributed by atoms with Crippen LogP contribution in [-0.4, -0.2) is 39.7 Å². The lowest BCUT2D eigenvalue weighted by Gasteiger charge is -2.52. The fourth-order valence-corrected chi connectivity index (χ4v) is 6.54. The van der Waals surface area contributed by atoms with Gasteiger partial charge in [-0.1, -0.05) is 18.6 Å². The maximum absolute atomic E-state index is 7.07. The van der Waals surface area contributed by atoms with Crippen LogP contribution < -0.4 is 24.0 Å². The van der Waals surface area contributed by atoms with Crippen LogP contribution in [0.5, 0.6) is 17.2 Å². The van der Waals surface area contributed by atoms with Crippen molar-refractivity contribution >= 4 is 5.69 Å². The topological polar surface area (TPSA) is 35.4 Å². The minimum atomic E-state index is -0.125. The van der Waals surface area contributed by atoms with E-state index < -0.39 is 0 Å². The van der Waals surface area contributed by atoms with Crippen molar-refractivity contribution in [2.75, 3.05) is 38.9 Å². The average molecular weight is 422 g/mol. The summed E-state index contributed by atoms with van der Waals surface area (Å²) in [5.41, 5.74) is 3.77. The number of rotatable bonds is 3. The second-order valence-electron chi connectivity index (χ2n) is 9.86. The molecule has 1 N–H and O–H groups in total. The molecule has 2 aromatic rings. The number of nitrogens with zero attached hydrogens (tertiary/aromatic N) is 1.